The van der Waals surface area contributed by atoms with Crippen LogP contribution in [0.4, 0.5) is 0 Å². The van der Waals surface area contributed by atoms with Gasteiger partial charge in [0.1, 0.15) is 0 Å². The maximum atomic E-state index is 3.69. The quantitative estimate of drug-likeness (QED) is 0.766. The van der Waals surface area contributed by atoms with Crippen LogP contribution in [0.3, 0.4) is 0 Å². The Labute approximate surface area is 108 Å². The molecule has 0 bridgehead atoms. The Morgan fingerprint density at radius 1 is 1.06 bits per heavy atom. The van der Waals surface area contributed by atoms with Crippen LogP contribution in [0.25, 0.3) is 0 Å². The Balaban J connectivity index is 2.47. The summed E-state index contributed by atoms with van der Waals surface area (Å²) in [6.45, 7) is 16.6. The van der Waals surface area contributed by atoms with Crippen molar-refractivity contribution in [2.75, 3.05) is 26.2 Å². The molecule has 2 heteroatoms. The van der Waals surface area contributed by atoms with Crippen molar-refractivity contribution in [2.45, 2.75) is 65.8 Å². The van der Waals surface area contributed by atoms with Crippen molar-refractivity contribution < 1.29 is 0 Å². The van der Waals surface area contributed by atoms with E-state index in [4.69, 9.17) is 0 Å². The van der Waals surface area contributed by atoms with E-state index in [-0.39, 0.29) is 5.54 Å². The molecule has 0 aromatic heterocycles. The van der Waals surface area contributed by atoms with E-state index in [9.17, 15) is 0 Å². The van der Waals surface area contributed by atoms with Gasteiger partial charge in [0.05, 0.1) is 0 Å². The highest BCUT2D eigenvalue weighted by Gasteiger charge is 2.28. The van der Waals surface area contributed by atoms with Crippen LogP contribution in [0.2, 0.25) is 0 Å². The van der Waals surface area contributed by atoms with Crippen molar-refractivity contribution in [2.24, 2.45) is 5.41 Å². The first kappa shape index (κ1) is 15.0. The standard InChI is InChI=1S/C15H32N2/c1-6-9-15(5,12-16-14(2,3)4)13-17-10-7-8-11-17/h16H,6-13H2,1-5H3. The summed E-state index contributed by atoms with van der Waals surface area (Å²) in [4.78, 5) is 2.65. The van der Waals surface area contributed by atoms with Crippen molar-refractivity contribution in [3.05, 3.63) is 0 Å². The van der Waals surface area contributed by atoms with E-state index in [1.165, 1.54) is 45.3 Å². The van der Waals surface area contributed by atoms with E-state index < -0.39 is 0 Å². The predicted molar refractivity (Wildman–Crippen MR) is 76.4 cm³/mol. The van der Waals surface area contributed by atoms with Gasteiger partial charge < -0.3 is 10.2 Å². The zero-order chi connectivity index (χ0) is 12.9. The summed E-state index contributed by atoms with van der Waals surface area (Å²) in [5.41, 5.74) is 0.673. The molecule has 0 radical (unpaired) electrons. The maximum Gasteiger partial charge on any atom is 0.00967 e. The molecule has 17 heavy (non-hydrogen) atoms. The molecule has 0 aromatic carbocycles. The van der Waals surface area contributed by atoms with E-state index in [0.29, 0.717) is 5.41 Å². The molecule has 0 amide bonds. The molecule has 0 aliphatic carbocycles. The second-order valence-electron chi connectivity index (χ2n) is 7.15. The largest absolute Gasteiger partial charge is 0.311 e. The first-order chi connectivity index (χ1) is 7.85. The van der Waals surface area contributed by atoms with Gasteiger partial charge in [-0.2, -0.15) is 0 Å². The average molecular weight is 240 g/mol. The fraction of sp³-hybridized carbons (Fsp3) is 1.00. The molecule has 0 saturated carbocycles. The van der Waals surface area contributed by atoms with Crippen molar-refractivity contribution in [3.8, 4) is 0 Å². The van der Waals surface area contributed by atoms with Gasteiger partial charge in [-0.3, -0.25) is 0 Å². The molecule has 1 heterocycles. The number of nitrogens with one attached hydrogen (secondary N) is 1. The number of hydrogen-bond acceptors (Lipinski definition) is 2. The van der Waals surface area contributed by atoms with Gasteiger partial charge >= 0.3 is 0 Å². The van der Waals surface area contributed by atoms with Gasteiger partial charge in [-0.15, -0.1) is 0 Å². The van der Waals surface area contributed by atoms with Crippen LogP contribution in [0.5, 0.6) is 0 Å². The minimum absolute atomic E-state index is 0.236. The second kappa shape index (κ2) is 6.19. The van der Waals surface area contributed by atoms with Gasteiger partial charge in [-0.1, -0.05) is 20.3 Å². The molecule has 1 aliphatic heterocycles. The zero-order valence-corrected chi connectivity index (χ0v) is 12.6. The number of rotatable bonds is 6. The lowest BCUT2D eigenvalue weighted by Gasteiger charge is -2.36. The summed E-state index contributed by atoms with van der Waals surface area (Å²) < 4.78 is 0. The number of likely N-dealkylation sites (tertiary alicyclic amines) is 1. The third kappa shape index (κ3) is 5.87. The molecule has 1 atom stereocenters. The van der Waals surface area contributed by atoms with Crippen LogP contribution in [-0.4, -0.2) is 36.6 Å². The Hall–Kier alpha value is -0.0800. The monoisotopic (exact) mass is 240 g/mol. The molecule has 1 rings (SSSR count). The molecule has 2 nitrogen and oxygen atoms in total. The van der Waals surface area contributed by atoms with Gasteiger partial charge in [0.25, 0.3) is 0 Å². The van der Waals surface area contributed by atoms with E-state index in [1.807, 2.05) is 0 Å². The van der Waals surface area contributed by atoms with Crippen molar-refractivity contribution >= 4 is 0 Å². The maximum absolute atomic E-state index is 3.69. The van der Waals surface area contributed by atoms with Crippen LogP contribution in [0.15, 0.2) is 0 Å². The number of hydrogen-bond donors (Lipinski definition) is 1. The van der Waals surface area contributed by atoms with Crippen LogP contribution in [0, 0.1) is 5.41 Å². The minimum Gasteiger partial charge on any atom is -0.311 e. The summed E-state index contributed by atoms with van der Waals surface area (Å²) >= 11 is 0. The summed E-state index contributed by atoms with van der Waals surface area (Å²) in [5.74, 6) is 0. The first-order valence-corrected chi connectivity index (χ1v) is 7.32. The lowest BCUT2D eigenvalue weighted by Crippen LogP contribution is -2.47. The molecule has 1 fully saturated rings. The Bertz CT molecular complexity index is 213. The SMILES string of the molecule is CCCC(C)(CNC(C)(C)C)CN1CCCC1. The van der Waals surface area contributed by atoms with Gasteiger partial charge in [-0.25, -0.2) is 0 Å². The van der Waals surface area contributed by atoms with E-state index in [1.54, 1.807) is 0 Å². The second-order valence-corrected chi connectivity index (χ2v) is 7.15. The molecule has 0 spiro atoms. The highest BCUT2D eigenvalue weighted by atomic mass is 15.1. The fourth-order valence-electron chi connectivity index (χ4n) is 2.79. The average Bonchev–Trinajstić information content (AvgIpc) is 2.67. The summed E-state index contributed by atoms with van der Waals surface area (Å²) in [5, 5.41) is 3.69. The third-order valence-electron chi connectivity index (χ3n) is 3.70. The van der Waals surface area contributed by atoms with Crippen molar-refractivity contribution in [1.29, 1.82) is 0 Å². The molecular weight excluding hydrogens is 208 g/mol. The minimum atomic E-state index is 0.236. The van der Waals surface area contributed by atoms with E-state index in [2.05, 4.69) is 44.8 Å². The van der Waals surface area contributed by atoms with Crippen LogP contribution >= 0.6 is 0 Å². The summed E-state index contributed by atoms with van der Waals surface area (Å²) in [7, 11) is 0. The smallest absolute Gasteiger partial charge is 0.00967 e. The summed E-state index contributed by atoms with van der Waals surface area (Å²) in [6, 6.07) is 0. The van der Waals surface area contributed by atoms with Crippen LogP contribution in [0.1, 0.15) is 60.3 Å². The van der Waals surface area contributed by atoms with Crippen molar-refractivity contribution in [3.63, 3.8) is 0 Å². The molecule has 1 N–H and O–H groups in total. The molecule has 0 aromatic rings. The van der Waals surface area contributed by atoms with Crippen LogP contribution < -0.4 is 5.32 Å². The first-order valence-electron chi connectivity index (χ1n) is 7.32. The molecule has 1 unspecified atom stereocenters. The fourth-order valence-corrected chi connectivity index (χ4v) is 2.79. The van der Waals surface area contributed by atoms with E-state index in [0.717, 1.165) is 6.54 Å². The lowest BCUT2D eigenvalue weighted by molar-refractivity contribution is 0.161. The summed E-state index contributed by atoms with van der Waals surface area (Å²) in [6.07, 6.45) is 5.41. The molecule has 102 valence electrons. The van der Waals surface area contributed by atoms with Gasteiger partial charge in [0.15, 0.2) is 0 Å². The molecular formula is C15H32N2. The number of nitrogens with zero attached hydrogens (tertiary/aromatic N) is 1. The van der Waals surface area contributed by atoms with Crippen LogP contribution in [-0.2, 0) is 0 Å². The lowest BCUT2D eigenvalue weighted by atomic mass is 9.84. The highest BCUT2D eigenvalue weighted by Crippen LogP contribution is 2.26. The van der Waals surface area contributed by atoms with Gasteiger partial charge in [0, 0.05) is 18.6 Å². The Kier molecular flexibility index (Phi) is 5.46. The third-order valence-corrected chi connectivity index (χ3v) is 3.70. The van der Waals surface area contributed by atoms with E-state index >= 15 is 0 Å². The zero-order valence-electron chi connectivity index (χ0n) is 12.6. The Morgan fingerprint density at radius 3 is 2.12 bits per heavy atom. The normalized spacial score (nSPS) is 21.7. The van der Waals surface area contributed by atoms with Crippen molar-refractivity contribution in [1.82, 2.24) is 10.2 Å². The Morgan fingerprint density at radius 2 is 1.65 bits per heavy atom. The van der Waals surface area contributed by atoms with Gasteiger partial charge in [0.2, 0.25) is 0 Å². The van der Waals surface area contributed by atoms with Gasteiger partial charge in [-0.05, 0) is 58.5 Å². The molecule has 1 saturated heterocycles. The predicted octanol–water partition coefficient (Wildman–Crippen LogP) is 3.28. The molecule has 1 aliphatic rings. The topological polar surface area (TPSA) is 15.3 Å². The highest BCUT2D eigenvalue weighted by molar-refractivity contribution is 4.85.